The maximum Gasteiger partial charge on any atom is 0.270 e. The van der Waals surface area contributed by atoms with Crippen molar-refractivity contribution in [1.82, 2.24) is 10.2 Å². The molecule has 2 amide bonds. The average Bonchev–Trinajstić information content (AvgIpc) is 3.39. The Morgan fingerprint density at radius 3 is 2.49 bits per heavy atom. The van der Waals surface area contributed by atoms with Gasteiger partial charge in [0.15, 0.2) is 5.11 Å². The minimum atomic E-state index is -0.571. The van der Waals surface area contributed by atoms with Gasteiger partial charge < -0.3 is 15.1 Å². The summed E-state index contributed by atoms with van der Waals surface area (Å²) in [7, 11) is 0. The molecule has 1 aliphatic rings. The lowest BCUT2D eigenvalue weighted by Crippen LogP contribution is -2.48. The van der Waals surface area contributed by atoms with Gasteiger partial charge in [-0.1, -0.05) is 23.7 Å². The van der Waals surface area contributed by atoms with Crippen LogP contribution in [0.5, 0.6) is 0 Å². The number of piperazine rings is 1. The normalized spacial score (nSPS) is 13.3. The largest absolute Gasteiger partial charge is 0.367 e. The number of benzene rings is 2. The van der Waals surface area contributed by atoms with Crippen LogP contribution in [0.1, 0.15) is 20.0 Å². The lowest BCUT2D eigenvalue weighted by molar-refractivity contribution is -0.384. The van der Waals surface area contributed by atoms with E-state index in [1.165, 1.54) is 35.6 Å². The molecule has 0 saturated carbocycles. The molecule has 2 N–H and O–H groups in total. The summed E-state index contributed by atoms with van der Waals surface area (Å²) in [5.74, 6) is -0.519. The SMILES string of the molecule is O=C(NC(=S)Nc1ccc(N2CCN(C(=O)c3cccs3)CC2)c(Cl)c1)c1cccc([N+](=O)[O-])c1. The van der Waals surface area contributed by atoms with Crippen LogP contribution >= 0.6 is 35.2 Å². The minimum absolute atomic E-state index is 0.0334. The number of hydrogen-bond acceptors (Lipinski definition) is 7. The van der Waals surface area contributed by atoms with Crippen molar-refractivity contribution >= 4 is 69.1 Å². The Labute approximate surface area is 215 Å². The van der Waals surface area contributed by atoms with Crippen molar-refractivity contribution in [1.29, 1.82) is 0 Å². The molecule has 0 atom stereocenters. The van der Waals surface area contributed by atoms with Crippen LogP contribution < -0.4 is 15.5 Å². The molecule has 1 fully saturated rings. The lowest BCUT2D eigenvalue weighted by atomic mass is 10.2. The fourth-order valence-electron chi connectivity index (χ4n) is 3.65. The van der Waals surface area contributed by atoms with E-state index in [0.29, 0.717) is 36.9 Å². The van der Waals surface area contributed by atoms with Gasteiger partial charge in [0.1, 0.15) is 0 Å². The van der Waals surface area contributed by atoms with Crippen molar-refractivity contribution in [2.24, 2.45) is 0 Å². The van der Waals surface area contributed by atoms with Crippen LogP contribution in [0.25, 0.3) is 0 Å². The Balaban J connectivity index is 1.33. The first-order valence-electron chi connectivity index (χ1n) is 10.6. The van der Waals surface area contributed by atoms with Crippen LogP contribution in [0.2, 0.25) is 5.02 Å². The van der Waals surface area contributed by atoms with Gasteiger partial charge in [-0.25, -0.2) is 0 Å². The van der Waals surface area contributed by atoms with E-state index in [4.69, 9.17) is 23.8 Å². The zero-order chi connectivity index (χ0) is 24.9. The molecule has 1 saturated heterocycles. The van der Waals surface area contributed by atoms with Crippen molar-refractivity contribution in [3.8, 4) is 0 Å². The Kier molecular flexibility index (Phi) is 7.59. The molecule has 0 spiro atoms. The molecular formula is C23H20ClN5O4S2. The number of carbonyl (C=O) groups is 2. The third-order valence-corrected chi connectivity index (χ3v) is 6.76. The number of carbonyl (C=O) groups excluding carboxylic acids is 2. The van der Waals surface area contributed by atoms with Crippen LogP contribution in [-0.2, 0) is 0 Å². The number of nitrogens with one attached hydrogen (secondary N) is 2. The molecule has 12 heteroatoms. The van der Waals surface area contributed by atoms with Crippen molar-refractivity contribution in [3.63, 3.8) is 0 Å². The predicted octanol–water partition coefficient (Wildman–Crippen LogP) is 4.40. The summed E-state index contributed by atoms with van der Waals surface area (Å²) in [5.41, 5.74) is 1.35. The standard InChI is InChI=1S/C23H20ClN5O4S2/c24-18-14-16(25-23(34)26-21(30)15-3-1-4-17(13-15)29(32)33)6-7-19(18)27-8-10-28(11-9-27)22(31)20-5-2-12-35-20/h1-7,12-14H,8-11H2,(H2,25,26,30,34). The number of thiocarbonyl (C=S) groups is 1. The maximum atomic E-state index is 12.5. The van der Waals surface area contributed by atoms with Gasteiger partial charge in [0.2, 0.25) is 0 Å². The first kappa shape index (κ1) is 24.6. The van der Waals surface area contributed by atoms with Gasteiger partial charge >= 0.3 is 0 Å². The van der Waals surface area contributed by atoms with Gasteiger partial charge in [0, 0.05) is 49.6 Å². The quantitative estimate of drug-likeness (QED) is 0.286. The number of nitro benzene ring substituents is 1. The molecule has 180 valence electrons. The second-order valence-electron chi connectivity index (χ2n) is 7.64. The van der Waals surface area contributed by atoms with Crippen molar-refractivity contribution in [3.05, 3.63) is 85.6 Å². The molecule has 1 aliphatic heterocycles. The Morgan fingerprint density at radius 2 is 1.83 bits per heavy atom. The van der Waals surface area contributed by atoms with E-state index in [1.54, 1.807) is 12.1 Å². The molecule has 9 nitrogen and oxygen atoms in total. The second-order valence-corrected chi connectivity index (χ2v) is 9.40. The molecule has 0 unspecified atom stereocenters. The average molecular weight is 530 g/mol. The smallest absolute Gasteiger partial charge is 0.270 e. The van der Waals surface area contributed by atoms with Crippen molar-refractivity contribution in [2.45, 2.75) is 0 Å². The molecule has 2 heterocycles. The number of amides is 2. The molecule has 35 heavy (non-hydrogen) atoms. The molecule has 3 aromatic rings. The van der Waals surface area contributed by atoms with Crippen molar-refractivity contribution < 1.29 is 14.5 Å². The van der Waals surface area contributed by atoms with E-state index in [1.807, 2.05) is 28.5 Å². The van der Waals surface area contributed by atoms with E-state index in [9.17, 15) is 19.7 Å². The highest BCUT2D eigenvalue weighted by molar-refractivity contribution is 7.80. The first-order valence-corrected chi connectivity index (χ1v) is 12.2. The maximum absolute atomic E-state index is 12.5. The number of halogens is 1. The van der Waals surface area contributed by atoms with Gasteiger partial charge in [0.05, 0.1) is 20.5 Å². The summed E-state index contributed by atoms with van der Waals surface area (Å²) < 4.78 is 0. The minimum Gasteiger partial charge on any atom is -0.367 e. The Hall–Kier alpha value is -3.54. The number of non-ortho nitro benzene ring substituents is 1. The number of anilines is 2. The van der Waals surface area contributed by atoms with Gasteiger partial charge in [-0.3, -0.25) is 25.0 Å². The Morgan fingerprint density at radius 1 is 1.06 bits per heavy atom. The molecule has 1 aromatic heterocycles. The summed E-state index contributed by atoms with van der Waals surface area (Å²) >= 11 is 13.2. The number of hydrogen-bond donors (Lipinski definition) is 2. The number of nitro groups is 1. The molecule has 2 aromatic carbocycles. The van der Waals surface area contributed by atoms with Crippen LogP contribution in [0, 0.1) is 10.1 Å². The van der Waals surface area contributed by atoms with E-state index >= 15 is 0 Å². The zero-order valence-electron chi connectivity index (χ0n) is 18.3. The third kappa shape index (κ3) is 5.94. The summed E-state index contributed by atoms with van der Waals surface area (Å²) in [4.78, 5) is 40.0. The highest BCUT2D eigenvalue weighted by Crippen LogP contribution is 2.30. The molecule has 0 bridgehead atoms. The molecular weight excluding hydrogens is 510 g/mol. The van der Waals surface area contributed by atoms with Crippen LogP contribution in [0.4, 0.5) is 17.1 Å². The zero-order valence-corrected chi connectivity index (χ0v) is 20.7. The predicted molar refractivity (Wildman–Crippen MR) is 141 cm³/mol. The van der Waals surface area contributed by atoms with E-state index in [0.717, 1.165) is 10.6 Å². The van der Waals surface area contributed by atoms with E-state index < -0.39 is 10.8 Å². The summed E-state index contributed by atoms with van der Waals surface area (Å²) in [6.07, 6.45) is 0. The van der Waals surface area contributed by atoms with Gasteiger partial charge in [-0.15, -0.1) is 11.3 Å². The van der Waals surface area contributed by atoms with Crippen LogP contribution in [-0.4, -0.2) is 52.9 Å². The number of nitrogens with zero attached hydrogens (tertiary/aromatic N) is 3. The summed E-state index contributed by atoms with van der Waals surface area (Å²) in [5, 5.41) is 18.7. The fourth-order valence-corrected chi connectivity index (χ4v) is 4.85. The van der Waals surface area contributed by atoms with Gasteiger partial charge in [-0.2, -0.15) is 0 Å². The molecule has 0 aliphatic carbocycles. The topological polar surface area (TPSA) is 108 Å². The lowest BCUT2D eigenvalue weighted by Gasteiger charge is -2.36. The molecule has 0 radical (unpaired) electrons. The number of thiophene rings is 1. The molecule has 4 rings (SSSR count). The van der Waals surface area contributed by atoms with Gasteiger partial charge in [0.25, 0.3) is 17.5 Å². The van der Waals surface area contributed by atoms with Gasteiger partial charge in [-0.05, 0) is 47.9 Å². The van der Waals surface area contributed by atoms with E-state index in [2.05, 4.69) is 15.5 Å². The second kappa shape index (κ2) is 10.8. The fraction of sp³-hybridized carbons (Fsp3) is 0.174. The summed E-state index contributed by atoms with van der Waals surface area (Å²) in [6.45, 7) is 2.50. The van der Waals surface area contributed by atoms with Crippen LogP contribution in [0.15, 0.2) is 60.0 Å². The van der Waals surface area contributed by atoms with E-state index in [-0.39, 0.29) is 22.3 Å². The monoisotopic (exact) mass is 529 g/mol. The van der Waals surface area contributed by atoms with Crippen LogP contribution in [0.3, 0.4) is 0 Å². The number of rotatable bonds is 5. The highest BCUT2D eigenvalue weighted by atomic mass is 35.5. The first-order chi connectivity index (χ1) is 16.8. The van der Waals surface area contributed by atoms with Crippen molar-refractivity contribution in [2.75, 3.05) is 36.4 Å². The Bertz CT molecular complexity index is 1280. The summed E-state index contributed by atoms with van der Waals surface area (Å²) in [6, 6.07) is 14.4. The third-order valence-electron chi connectivity index (χ3n) is 5.39. The highest BCUT2D eigenvalue weighted by Gasteiger charge is 2.24.